The molecule has 0 aromatic carbocycles. The van der Waals surface area contributed by atoms with Crippen molar-refractivity contribution in [3.8, 4) is 0 Å². The van der Waals surface area contributed by atoms with Gasteiger partial charge in [0.15, 0.2) is 0 Å². The monoisotopic (exact) mass is 264 g/mol. The van der Waals surface area contributed by atoms with Crippen molar-refractivity contribution in [2.75, 3.05) is 50.8 Å². The number of hydrogen-bond donors (Lipinski definition) is 2. The minimum Gasteiger partial charge on any atom is -0.395 e. The second-order valence-corrected chi connectivity index (χ2v) is 4.82. The molecule has 1 aromatic rings. The van der Waals surface area contributed by atoms with Crippen LogP contribution in [0.5, 0.6) is 0 Å². The van der Waals surface area contributed by atoms with E-state index in [1.807, 2.05) is 12.3 Å². The van der Waals surface area contributed by atoms with Crippen LogP contribution in [0.1, 0.15) is 12.5 Å². The summed E-state index contributed by atoms with van der Waals surface area (Å²) in [6.07, 6.45) is 1.87. The lowest BCUT2D eigenvalue weighted by molar-refractivity contribution is 0.188. The molecule has 0 unspecified atom stereocenters. The maximum absolute atomic E-state index is 8.97. The minimum atomic E-state index is 0.245. The highest BCUT2D eigenvalue weighted by molar-refractivity contribution is 5.47. The Morgan fingerprint density at radius 2 is 2.11 bits per heavy atom. The van der Waals surface area contributed by atoms with Crippen LogP contribution in [0.4, 0.5) is 5.82 Å². The number of hydrogen-bond acceptors (Lipinski definition) is 5. The summed E-state index contributed by atoms with van der Waals surface area (Å²) in [6.45, 7) is 8.94. The topological polar surface area (TPSA) is 51.6 Å². The van der Waals surface area contributed by atoms with Crippen LogP contribution in [0.25, 0.3) is 0 Å². The molecule has 2 heterocycles. The molecule has 1 aromatic heterocycles. The summed E-state index contributed by atoms with van der Waals surface area (Å²) in [5, 5.41) is 12.3. The average molecular weight is 264 g/mol. The van der Waals surface area contributed by atoms with Gasteiger partial charge in [-0.25, -0.2) is 4.98 Å². The van der Waals surface area contributed by atoms with Gasteiger partial charge in [-0.1, -0.05) is 13.0 Å². The maximum atomic E-state index is 8.97. The Kier molecular flexibility index (Phi) is 5.57. The van der Waals surface area contributed by atoms with Crippen LogP contribution in [-0.2, 0) is 6.54 Å². The molecule has 2 N–H and O–H groups in total. The van der Waals surface area contributed by atoms with Crippen molar-refractivity contribution in [3.63, 3.8) is 0 Å². The molecule has 1 fully saturated rings. The third kappa shape index (κ3) is 3.89. The van der Waals surface area contributed by atoms with E-state index in [2.05, 4.69) is 33.1 Å². The summed E-state index contributed by atoms with van der Waals surface area (Å²) >= 11 is 0. The van der Waals surface area contributed by atoms with Gasteiger partial charge < -0.3 is 15.3 Å². The van der Waals surface area contributed by atoms with Gasteiger partial charge in [0.25, 0.3) is 0 Å². The van der Waals surface area contributed by atoms with Gasteiger partial charge in [-0.3, -0.25) is 4.90 Å². The fourth-order valence-corrected chi connectivity index (χ4v) is 2.44. The molecule has 0 saturated carbocycles. The summed E-state index contributed by atoms with van der Waals surface area (Å²) in [5.74, 6) is 1.10. The Balaban J connectivity index is 1.98. The van der Waals surface area contributed by atoms with Gasteiger partial charge in [0.2, 0.25) is 0 Å². The standard InChI is InChI=1S/C14H24N4O/c1-2-15-12-13-4-3-5-16-14(13)18-8-6-17(7-9-18)10-11-19/h3-5,15,19H,2,6-12H2,1H3. The summed E-state index contributed by atoms with van der Waals surface area (Å²) in [7, 11) is 0. The van der Waals surface area contributed by atoms with E-state index in [9.17, 15) is 0 Å². The average Bonchev–Trinajstić information content (AvgIpc) is 2.47. The van der Waals surface area contributed by atoms with E-state index in [4.69, 9.17) is 5.11 Å². The number of pyridine rings is 1. The number of aliphatic hydroxyl groups excluding tert-OH is 1. The van der Waals surface area contributed by atoms with Crippen LogP contribution >= 0.6 is 0 Å². The normalized spacial score (nSPS) is 16.8. The van der Waals surface area contributed by atoms with E-state index in [0.717, 1.165) is 51.6 Å². The lowest BCUT2D eigenvalue weighted by atomic mass is 10.2. The Morgan fingerprint density at radius 3 is 2.79 bits per heavy atom. The SMILES string of the molecule is CCNCc1cccnc1N1CCN(CCO)CC1. The first kappa shape index (κ1) is 14.2. The zero-order chi connectivity index (χ0) is 13.5. The highest BCUT2D eigenvalue weighted by Crippen LogP contribution is 2.18. The first-order valence-corrected chi connectivity index (χ1v) is 7.08. The number of nitrogens with one attached hydrogen (secondary N) is 1. The molecule has 0 radical (unpaired) electrons. The van der Waals surface area contributed by atoms with Crippen molar-refractivity contribution >= 4 is 5.82 Å². The lowest BCUT2D eigenvalue weighted by Gasteiger charge is -2.35. The predicted molar refractivity (Wildman–Crippen MR) is 77.4 cm³/mol. The number of rotatable bonds is 6. The van der Waals surface area contributed by atoms with Crippen LogP contribution in [0.15, 0.2) is 18.3 Å². The molecule has 19 heavy (non-hydrogen) atoms. The Hall–Kier alpha value is -1.17. The highest BCUT2D eigenvalue weighted by Gasteiger charge is 2.19. The van der Waals surface area contributed by atoms with E-state index in [-0.39, 0.29) is 6.61 Å². The van der Waals surface area contributed by atoms with Gasteiger partial charge >= 0.3 is 0 Å². The smallest absolute Gasteiger partial charge is 0.133 e. The molecule has 1 saturated heterocycles. The zero-order valence-corrected chi connectivity index (χ0v) is 11.7. The molecule has 5 heteroatoms. The molecule has 106 valence electrons. The number of aliphatic hydroxyl groups is 1. The zero-order valence-electron chi connectivity index (χ0n) is 11.7. The van der Waals surface area contributed by atoms with E-state index in [1.165, 1.54) is 5.56 Å². The fraction of sp³-hybridized carbons (Fsp3) is 0.643. The molecule has 0 amide bonds. The molecule has 1 aliphatic heterocycles. The van der Waals surface area contributed by atoms with Crippen molar-refractivity contribution in [3.05, 3.63) is 23.9 Å². The minimum absolute atomic E-state index is 0.245. The van der Waals surface area contributed by atoms with Gasteiger partial charge in [-0.15, -0.1) is 0 Å². The third-order valence-electron chi connectivity index (χ3n) is 3.52. The fourth-order valence-electron chi connectivity index (χ4n) is 2.44. The van der Waals surface area contributed by atoms with Crippen molar-refractivity contribution < 1.29 is 5.11 Å². The molecule has 0 aliphatic carbocycles. The summed E-state index contributed by atoms with van der Waals surface area (Å²) < 4.78 is 0. The van der Waals surface area contributed by atoms with Gasteiger partial charge in [0.05, 0.1) is 6.61 Å². The van der Waals surface area contributed by atoms with Crippen molar-refractivity contribution in [2.24, 2.45) is 0 Å². The van der Waals surface area contributed by atoms with Crippen LogP contribution in [0.2, 0.25) is 0 Å². The largest absolute Gasteiger partial charge is 0.395 e. The molecule has 2 rings (SSSR count). The van der Waals surface area contributed by atoms with Gasteiger partial charge in [-0.05, 0) is 12.6 Å². The Bertz CT molecular complexity index is 377. The van der Waals surface area contributed by atoms with Crippen molar-refractivity contribution in [1.29, 1.82) is 0 Å². The van der Waals surface area contributed by atoms with Gasteiger partial charge in [0.1, 0.15) is 5.82 Å². The third-order valence-corrected chi connectivity index (χ3v) is 3.52. The summed E-state index contributed by atoms with van der Waals surface area (Å²) in [4.78, 5) is 9.19. The van der Waals surface area contributed by atoms with Crippen LogP contribution in [-0.4, -0.2) is 60.9 Å². The predicted octanol–water partition coefficient (Wildman–Crippen LogP) is 0.305. The van der Waals surface area contributed by atoms with Crippen LogP contribution in [0.3, 0.4) is 0 Å². The molecular weight excluding hydrogens is 240 g/mol. The van der Waals surface area contributed by atoms with Crippen molar-refractivity contribution in [1.82, 2.24) is 15.2 Å². The molecule has 0 bridgehead atoms. The first-order chi connectivity index (χ1) is 9.35. The number of aromatic nitrogens is 1. The molecule has 5 nitrogen and oxygen atoms in total. The highest BCUT2D eigenvalue weighted by atomic mass is 16.3. The van der Waals surface area contributed by atoms with Crippen molar-refractivity contribution in [2.45, 2.75) is 13.5 Å². The number of β-amino-alcohol motifs (C(OH)–C–C–N with tert-alkyl or cyclic N) is 1. The Morgan fingerprint density at radius 1 is 1.32 bits per heavy atom. The van der Waals surface area contributed by atoms with E-state index < -0.39 is 0 Å². The summed E-state index contributed by atoms with van der Waals surface area (Å²) in [6, 6.07) is 4.14. The van der Waals surface area contributed by atoms with E-state index in [1.54, 1.807) is 0 Å². The van der Waals surface area contributed by atoms with Crippen LogP contribution < -0.4 is 10.2 Å². The quantitative estimate of drug-likeness (QED) is 0.774. The van der Waals surface area contributed by atoms with Gasteiger partial charge in [-0.2, -0.15) is 0 Å². The van der Waals surface area contributed by atoms with E-state index >= 15 is 0 Å². The molecule has 1 aliphatic rings. The Labute approximate surface area is 115 Å². The number of anilines is 1. The second-order valence-electron chi connectivity index (χ2n) is 4.82. The number of nitrogens with zero attached hydrogens (tertiary/aromatic N) is 3. The molecule has 0 spiro atoms. The maximum Gasteiger partial charge on any atom is 0.133 e. The molecular formula is C14H24N4O. The summed E-state index contributed by atoms with van der Waals surface area (Å²) in [5.41, 5.74) is 1.26. The first-order valence-electron chi connectivity index (χ1n) is 7.08. The number of piperazine rings is 1. The van der Waals surface area contributed by atoms with Gasteiger partial charge in [0, 0.05) is 51.0 Å². The lowest BCUT2D eigenvalue weighted by Crippen LogP contribution is -2.47. The second kappa shape index (κ2) is 7.43. The van der Waals surface area contributed by atoms with E-state index in [0.29, 0.717) is 0 Å². The van der Waals surface area contributed by atoms with Crippen LogP contribution in [0, 0.1) is 0 Å². The molecule has 0 atom stereocenters.